The van der Waals surface area contributed by atoms with Gasteiger partial charge in [0.1, 0.15) is 5.75 Å². The van der Waals surface area contributed by atoms with Crippen molar-refractivity contribution in [3.05, 3.63) is 77.6 Å². The first-order valence-electron chi connectivity index (χ1n) is 9.34. The number of hydrogen-bond donors (Lipinski definition) is 1. The molecule has 4 aromatic rings. The second-order valence-electron chi connectivity index (χ2n) is 6.70. The van der Waals surface area contributed by atoms with Crippen LogP contribution in [-0.4, -0.2) is 33.0 Å². The Labute approximate surface area is 171 Å². The number of aromatic nitrogens is 3. The normalized spacial score (nSPS) is 11.9. The number of Topliss-reactive ketones (excluding diaryl/α,β-unsaturated/α-hetero) is 1. The minimum absolute atomic E-state index is 0.150. The van der Waals surface area contributed by atoms with Crippen molar-refractivity contribution in [3.8, 4) is 5.75 Å². The highest BCUT2D eigenvalue weighted by Crippen LogP contribution is 2.21. The highest BCUT2D eigenvalue weighted by molar-refractivity contribution is 6.10. The number of aromatic amines is 1. The smallest absolute Gasteiger partial charge is 0.338 e. The van der Waals surface area contributed by atoms with Crippen LogP contribution in [0.2, 0.25) is 0 Å². The molecule has 8 heteroatoms. The number of carbonyl (C=O) groups excluding carboxylic acids is 2. The number of benzene rings is 2. The van der Waals surface area contributed by atoms with Crippen LogP contribution in [0.5, 0.6) is 5.75 Å². The third-order valence-electron chi connectivity index (χ3n) is 4.54. The van der Waals surface area contributed by atoms with Crippen LogP contribution < -0.4 is 4.74 Å². The van der Waals surface area contributed by atoms with E-state index < -0.39 is 12.1 Å². The van der Waals surface area contributed by atoms with Crippen LogP contribution in [0, 0.1) is 6.92 Å². The first-order chi connectivity index (χ1) is 14.5. The van der Waals surface area contributed by atoms with Gasteiger partial charge in [-0.1, -0.05) is 23.4 Å². The lowest BCUT2D eigenvalue weighted by Crippen LogP contribution is -2.24. The Hall–Kier alpha value is -3.94. The fourth-order valence-corrected chi connectivity index (χ4v) is 3.01. The summed E-state index contributed by atoms with van der Waals surface area (Å²) in [6.45, 7) is 3.41. The monoisotopic (exact) mass is 405 g/mol. The maximum Gasteiger partial charge on any atom is 0.338 e. The minimum Gasteiger partial charge on any atom is -0.485 e. The first-order valence-corrected chi connectivity index (χ1v) is 9.34. The molecule has 0 radical (unpaired) electrons. The number of fused-ring (bicyclic) bond motifs is 1. The number of para-hydroxylation sites is 1. The fraction of sp³-hybridized carbons (Fsp3) is 0.182. The van der Waals surface area contributed by atoms with Crippen LogP contribution >= 0.6 is 0 Å². The summed E-state index contributed by atoms with van der Waals surface area (Å²) in [5.74, 6) is 0.577. The van der Waals surface area contributed by atoms with Crippen molar-refractivity contribution in [2.75, 3.05) is 0 Å². The summed E-state index contributed by atoms with van der Waals surface area (Å²) in [5, 5.41) is 4.54. The largest absolute Gasteiger partial charge is 0.485 e. The minimum atomic E-state index is -0.922. The molecule has 0 saturated heterocycles. The van der Waals surface area contributed by atoms with Gasteiger partial charge in [-0.05, 0) is 37.3 Å². The fourth-order valence-electron chi connectivity index (χ4n) is 3.01. The van der Waals surface area contributed by atoms with E-state index in [4.69, 9.17) is 14.0 Å². The molecule has 0 aliphatic heterocycles. The molecule has 2 aromatic heterocycles. The molecule has 0 aliphatic carbocycles. The Balaban J connectivity index is 1.37. The molecule has 152 valence electrons. The third kappa shape index (κ3) is 4.07. The highest BCUT2D eigenvalue weighted by atomic mass is 16.5. The zero-order valence-corrected chi connectivity index (χ0v) is 16.4. The topological polar surface area (TPSA) is 107 Å². The molecule has 0 unspecified atom stereocenters. The average Bonchev–Trinajstić information content (AvgIpc) is 3.38. The van der Waals surface area contributed by atoms with E-state index in [0.29, 0.717) is 28.6 Å². The molecule has 8 nitrogen and oxygen atoms in total. The number of esters is 1. The molecule has 1 N–H and O–H groups in total. The van der Waals surface area contributed by atoms with E-state index in [1.165, 1.54) is 0 Å². The number of hydrogen-bond acceptors (Lipinski definition) is 7. The molecule has 0 aliphatic rings. The molecule has 2 aromatic carbocycles. The van der Waals surface area contributed by atoms with Gasteiger partial charge in [0.25, 0.3) is 0 Å². The van der Waals surface area contributed by atoms with Gasteiger partial charge in [0, 0.05) is 29.6 Å². The summed E-state index contributed by atoms with van der Waals surface area (Å²) in [6, 6.07) is 13.9. The van der Waals surface area contributed by atoms with Crippen molar-refractivity contribution in [2.45, 2.75) is 26.6 Å². The van der Waals surface area contributed by atoms with Crippen LogP contribution in [0.15, 0.2) is 59.3 Å². The van der Waals surface area contributed by atoms with Crippen LogP contribution in [0.4, 0.5) is 0 Å². The third-order valence-corrected chi connectivity index (χ3v) is 4.54. The summed E-state index contributed by atoms with van der Waals surface area (Å²) in [6.07, 6.45) is 0.712. The number of nitrogens with one attached hydrogen (secondary N) is 1. The van der Waals surface area contributed by atoms with Crippen molar-refractivity contribution < 1.29 is 23.6 Å². The summed E-state index contributed by atoms with van der Waals surface area (Å²) < 4.78 is 15.8. The van der Waals surface area contributed by atoms with Crippen molar-refractivity contribution in [2.24, 2.45) is 0 Å². The van der Waals surface area contributed by atoms with E-state index in [1.54, 1.807) is 44.3 Å². The molecule has 0 saturated carbocycles. The second kappa shape index (κ2) is 8.20. The Morgan fingerprint density at radius 2 is 1.90 bits per heavy atom. The van der Waals surface area contributed by atoms with E-state index in [1.807, 2.05) is 24.3 Å². The highest BCUT2D eigenvalue weighted by Gasteiger charge is 2.23. The summed E-state index contributed by atoms with van der Waals surface area (Å²) in [7, 11) is 0. The number of ketones is 1. The predicted octanol–water partition coefficient (Wildman–Crippen LogP) is 3.87. The molecule has 4 rings (SSSR count). The number of rotatable bonds is 7. The van der Waals surface area contributed by atoms with Crippen LogP contribution in [-0.2, 0) is 11.3 Å². The maximum absolute atomic E-state index is 12.7. The lowest BCUT2D eigenvalue weighted by Gasteiger charge is -2.12. The van der Waals surface area contributed by atoms with Crippen molar-refractivity contribution >= 4 is 22.7 Å². The molecule has 30 heavy (non-hydrogen) atoms. The molecule has 0 fully saturated rings. The second-order valence-corrected chi connectivity index (χ2v) is 6.70. The maximum atomic E-state index is 12.7. The zero-order valence-electron chi connectivity index (χ0n) is 16.4. The summed E-state index contributed by atoms with van der Waals surface area (Å²) >= 11 is 0. The molecule has 2 heterocycles. The van der Waals surface area contributed by atoms with Gasteiger partial charge in [-0.15, -0.1) is 0 Å². The first kappa shape index (κ1) is 19.4. The number of aryl methyl sites for hydroxylation is 1. The van der Waals surface area contributed by atoms with Gasteiger partial charge < -0.3 is 19.0 Å². The Morgan fingerprint density at radius 1 is 1.13 bits per heavy atom. The van der Waals surface area contributed by atoms with Crippen molar-refractivity contribution in [1.82, 2.24) is 15.1 Å². The summed E-state index contributed by atoms with van der Waals surface area (Å²) in [5.41, 5.74) is 1.66. The van der Waals surface area contributed by atoms with Gasteiger partial charge >= 0.3 is 5.97 Å². The number of carbonyl (C=O) groups is 2. The van der Waals surface area contributed by atoms with Gasteiger partial charge in [-0.3, -0.25) is 4.79 Å². The van der Waals surface area contributed by atoms with E-state index in [-0.39, 0.29) is 12.4 Å². The van der Waals surface area contributed by atoms with Gasteiger partial charge in [0.2, 0.25) is 17.5 Å². The average molecular weight is 405 g/mol. The van der Waals surface area contributed by atoms with Gasteiger partial charge in [0.15, 0.2) is 12.7 Å². The lowest BCUT2D eigenvalue weighted by atomic mass is 10.1. The Bertz CT molecular complexity index is 1190. The summed E-state index contributed by atoms with van der Waals surface area (Å²) in [4.78, 5) is 32.3. The molecular formula is C22H19N3O5. The lowest BCUT2D eigenvalue weighted by molar-refractivity contribution is 0.0319. The molecule has 0 spiro atoms. The van der Waals surface area contributed by atoms with E-state index in [0.717, 1.165) is 10.9 Å². The number of H-pyrrole nitrogens is 1. The number of ether oxygens (including phenoxy) is 2. The standard InChI is InChI=1S/C22H19N3O5/c1-13(21(26)18-11-23-19-6-4-3-5-17(18)19)29-22(27)15-7-9-16(10-8-15)28-12-20-24-14(2)30-25-20/h3-11,13,23H,12H2,1-2H3/t13-/m0/s1. The SMILES string of the molecule is Cc1nc(COc2ccc(C(=O)O[C@@H](C)C(=O)c3c[nH]c4ccccc34)cc2)no1. The van der Waals surface area contributed by atoms with E-state index >= 15 is 0 Å². The van der Waals surface area contributed by atoms with Crippen LogP contribution in [0.25, 0.3) is 10.9 Å². The Kier molecular flexibility index (Phi) is 5.30. The predicted molar refractivity (Wildman–Crippen MR) is 107 cm³/mol. The molecule has 0 amide bonds. The quantitative estimate of drug-likeness (QED) is 0.367. The molecule has 0 bridgehead atoms. The van der Waals surface area contributed by atoms with Crippen LogP contribution in [0.3, 0.4) is 0 Å². The van der Waals surface area contributed by atoms with E-state index in [2.05, 4.69) is 15.1 Å². The number of nitrogens with zero attached hydrogens (tertiary/aromatic N) is 2. The zero-order chi connectivity index (χ0) is 21.1. The molecule has 1 atom stereocenters. The molecular weight excluding hydrogens is 386 g/mol. The van der Waals surface area contributed by atoms with Crippen LogP contribution in [0.1, 0.15) is 39.4 Å². The van der Waals surface area contributed by atoms with Gasteiger partial charge in [-0.25, -0.2) is 4.79 Å². The van der Waals surface area contributed by atoms with Gasteiger partial charge in [0.05, 0.1) is 5.56 Å². The van der Waals surface area contributed by atoms with E-state index in [9.17, 15) is 9.59 Å². The van der Waals surface area contributed by atoms with Crippen molar-refractivity contribution in [3.63, 3.8) is 0 Å². The van der Waals surface area contributed by atoms with Gasteiger partial charge in [-0.2, -0.15) is 4.98 Å². The Morgan fingerprint density at radius 3 is 2.63 bits per heavy atom. The van der Waals surface area contributed by atoms with Crippen molar-refractivity contribution in [1.29, 1.82) is 0 Å².